The molecule has 112 valence electrons. The molecule has 3 heteroatoms. The van der Waals surface area contributed by atoms with Crippen LogP contribution >= 0.6 is 0 Å². The first-order valence-electron chi connectivity index (χ1n) is 7.87. The normalized spacial score (nSPS) is 18.4. The third-order valence-corrected chi connectivity index (χ3v) is 4.47. The molecular weight excluding hydrogens is 246 g/mol. The Morgan fingerprint density at radius 1 is 1.30 bits per heavy atom. The number of hydrogen-bond acceptors (Lipinski definition) is 3. The molecule has 0 aromatic carbocycles. The van der Waals surface area contributed by atoms with E-state index >= 15 is 0 Å². The minimum absolute atomic E-state index is 0.477. The van der Waals surface area contributed by atoms with E-state index in [0.717, 1.165) is 25.6 Å². The average Bonchev–Trinajstić information content (AvgIpc) is 2.44. The molecule has 2 rings (SSSR count). The zero-order valence-electron chi connectivity index (χ0n) is 13.2. The van der Waals surface area contributed by atoms with Gasteiger partial charge in [-0.3, -0.25) is 4.98 Å². The predicted molar refractivity (Wildman–Crippen MR) is 84.6 cm³/mol. The van der Waals surface area contributed by atoms with Crippen molar-refractivity contribution in [3.8, 4) is 0 Å². The minimum Gasteiger partial charge on any atom is -0.311 e. The second kappa shape index (κ2) is 7.19. The first-order valence-corrected chi connectivity index (χ1v) is 7.87. The molecule has 1 aliphatic rings. The molecule has 0 saturated carbocycles. The lowest BCUT2D eigenvalue weighted by molar-refractivity contribution is 0.113. The Morgan fingerprint density at radius 3 is 2.65 bits per heavy atom. The summed E-state index contributed by atoms with van der Waals surface area (Å²) in [5.74, 6) is 0.891. The molecule has 0 radical (unpaired) electrons. The van der Waals surface area contributed by atoms with Crippen LogP contribution in [0.4, 0.5) is 0 Å². The molecule has 0 unspecified atom stereocenters. The van der Waals surface area contributed by atoms with Crippen molar-refractivity contribution < 1.29 is 0 Å². The van der Waals surface area contributed by atoms with Crippen molar-refractivity contribution in [1.29, 1.82) is 0 Å². The van der Waals surface area contributed by atoms with E-state index in [1.807, 2.05) is 18.5 Å². The highest BCUT2D eigenvalue weighted by atomic mass is 15.1. The SMILES string of the molecule is CC(C)(C)C1CCN(CCNCc2cccnc2)CC1. The van der Waals surface area contributed by atoms with Crippen LogP contribution in [0, 0.1) is 11.3 Å². The fourth-order valence-electron chi connectivity index (χ4n) is 3.00. The molecule has 0 bridgehead atoms. The maximum absolute atomic E-state index is 4.13. The minimum atomic E-state index is 0.477. The van der Waals surface area contributed by atoms with Crippen LogP contribution in [0.15, 0.2) is 24.5 Å². The molecule has 1 aliphatic heterocycles. The Morgan fingerprint density at radius 2 is 2.05 bits per heavy atom. The zero-order chi connectivity index (χ0) is 14.4. The smallest absolute Gasteiger partial charge is 0.0312 e. The number of likely N-dealkylation sites (tertiary alicyclic amines) is 1. The van der Waals surface area contributed by atoms with Gasteiger partial charge >= 0.3 is 0 Å². The van der Waals surface area contributed by atoms with Crippen LogP contribution in [0.25, 0.3) is 0 Å². The molecule has 1 aromatic rings. The monoisotopic (exact) mass is 275 g/mol. The van der Waals surface area contributed by atoms with Gasteiger partial charge in [0.25, 0.3) is 0 Å². The van der Waals surface area contributed by atoms with E-state index in [-0.39, 0.29) is 0 Å². The fourth-order valence-corrected chi connectivity index (χ4v) is 3.00. The summed E-state index contributed by atoms with van der Waals surface area (Å²) in [7, 11) is 0. The highest BCUT2D eigenvalue weighted by Gasteiger charge is 2.28. The first kappa shape index (κ1) is 15.5. The fraction of sp³-hybridized carbons (Fsp3) is 0.706. The van der Waals surface area contributed by atoms with Crippen LogP contribution in [-0.4, -0.2) is 36.1 Å². The summed E-state index contributed by atoms with van der Waals surface area (Å²) in [5.41, 5.74) is 1.74. The summed E-state index contributed by atoms with van der Waals surface area (Å²) >= 11 is 0. The summed E-state index contributed by atoms with van der Waals surface area (Å²) in [4.78, 5) is 6.73. The van der Waals surface area contributed by atoms with E-state index < -0.39 is 0 Å². The van der Waals surface area contributed by atoms with Gasteiger partial charge in [0.1, 0.15) is 0 Å². The molecule has 1 fully saturated rings. The van der Waals surface area contributed by atoms with E-state index in [1.54, 1.807) is 0 Å². The van der Waals surface area contributed by atoms with E-state index in [2.05, 4.69) is 42.0 Å². The van der Waals surface area contributed by atoms with Crippen LogP contribution in [0.3, 0.4) is 0 Å². The number of hydrogen-bond donors (Lipinski definition) is 1. The molecule has 0 amide bonds. The number of aromatic nitrogens is 1. The lowest BCUT2D eigenvalue weighted by Crippen LogP contribution is -2.40. The van der Waals surface area contributed by atoms with Gasteiger partial charge in [-0.25, -0.2) is 0 Å². The molecule has 1 aromatic heterocycles. The van der Waals surface area contributed by atoms with Crippen molar-refractivity contribution in [2.75, 3.05) is 26.2 Å². The largest absolute Gasteiger partial charge is 0.311 e. The van der Waals surface area contributed by atoms with Crippen molar-refractivity contribution in [3.05, 3.63) is 30.1 Å². The summed E-state index contributed by atoms with van der Waals surface area (Å²) < 4.78 is 0. The highest BCUT2D eigenvalue weighted by Crippen LogP contribution is 2.33. The van der Waals surface area contributed by atoms with Crippen molar-refractivity contribution in [2.45, 2.75) is 40.2 Å². The van der Waals surface area contributed by atoms with Crippen molar-refractivity contribution in [1.82, 2.24) is 15.2 Å². The molecule has 1 saturated heterocycles. The van der Waals surface area contributed by atoms with Crippen LogP contribution < -0.4 is 5.32 Å². The third-order valence-electron chi connectivity index (χ3n) is 4.47. The molecule has 0 aliphatic carbocycles. The third kappa shape index (κ3) is 4.88. The molecule has 0 spiro atoms. The second-order valence-electron chi connectivity index (χ2n) is 7.02. The Bertz CT molecular complexity index is 375. The van der Waals surface area contributed by atoms with Crippen LogP contribution in [0.1, 0.15) is 39.2 Å². The van der Waals surface area contributed by atoms with Gasteiger partial charge < -0.3 is 10.2 Å². The number of nitrogens with one attached hydrogen (secondary N) is 1. The number of nitrogens with zero attached hydrogens (tertiary/aromatic N) is 2. The van der Waals surface area contributed by atoms with Crippen molar-refractivity contribution in [2.24, 2.45) is 11.3 Å². The Kier molecular flexibility index (Phi) is 5.55. The molecule has 3 nitrogen and oxygen atoms in total. The van der Waals surface area contributed by atoms with E-state index in [9.17, 15) is 0 Å². The maximum Gasteiger partial charge on any atom is 0.0312 e. The maximum atomic E-state index is 4.13. The predicted octanol–water partition coefficient (Wildman–Crippen LogP) is 2.93. The zero-order valence-corrected chi connectivity index (χ0v) is 13.2. The van der Waals surface area contributed by atoms with Gasteiger partial charge in [0.05, 0.1) is 0 Å². The summed E-state index contributed by atoms with van der Waals surface area (Å²) in [5, 5.41) is 3.51. The van der Waals surface area contributed by atoms with Crippen LogP contribution in [-0.2, 0) is 6.54 Å². The molecule has 20 heavy (non-hydrogen) atoms. The van der Waals surface area contributed by atoms with Gasteiger partial charge in [0.15, 0.2) is 0 Å². The Labute approximate surface area is 123 Å². The van der Waals surface area contributed by atoms with Gasteiger partial charge in [-0.1, -0.05) is 26.8 Å². The Balaban J connectivity index is 1.60. The van der Waals surface area contributed by atoms with E-state index in [0.29, 0.717) is 5.41 Å². The van der Waals surface area contributed by atoms with Gasteiger partial charge in [-0.15, -0.1) is 0 Å². The van der Waals surface area contributed by atoms with Gasteiger partial charge in [0, 0.05) is 32.0 Å². The van der Waals surface area contributed by atoms with E-state index in [4.69, 9.17) is 0 Å². The Hall–Kier alpha value is -0.930. The van der Waals surface area contributed by atoms with Crippen molar-refractivity contribution >= 4 is 0 Å². The summed E-state index contributed by atoms with van der Waals surface area (Å²) in [6.07, 6.45) is 6.46. The number of pyridine rings is 1. The molecule has 2 heterocycles. The van der Waals surface area contributed by atoms with Crippen molar-refractivity contribution in [3.63, 3.8) is 0 Å². The average molecular weight is 275 g/mol. The molecule has 1 N–H and O–H groups in total. The topological polar surface area (TPSA) is 28.2 Å². The second-order valence-corrected chi connectivity index (χ2v) is 7.02. The van der Waals surface area contributed by atoms with Crippen LogP contribution in [0.2, 0.25) is 0 Å². The standard InChI is InChI=1S/C17H29N3/c1-17(2,3)16-6-10-20(11-7-16)12-9-19-14-15-5-4-8-18-13-15/h4-5,8,13,16,19H,6-7,9-12,14H2,1-3H3. The quantitative estimate of drug-likeness (QED) is 0.838. The number of rotatable bonds is 5. The summed E-state index contributed by atoms with van der Waals surface area (Å²) in [6.45, 7) is 12.8. The number of piperidine rings is 1. The van der Waals surface area contributed by atoms with Gasteiger partial charge in [0.2, 0.25) is 0 Å². The summed E-state index contributed by atoms with van der Waals surface area (Å²) in [6, 6.07) is 4.11. The first-order chi connectivity index (χ1) is 9.55. The van der Waals surface area contributed by atoms with Crippen LogP contribution in [0.5, 0.6) is 0 Å². The molecular formula is C17H29N3. The lowest BCUT2D eigenvalue weighted by Gasteiger charge is -2.38. The lowest BCUT2D eigenvalue weighted by atomic mass is 9.75. The molecule has 0 atom stereocenters. The highest BCUT2D eigenvalue weighted by molar-refractivity contribution is 5.07. The van der Waals surface area contributed by atoms with E-state index in [1.165, 1.54) is 31.5 Å². The van der Waals surface area contributed by atoms with Gasteiger partial charge in [-0.05, 0) is 48.9 Å². The van der Waals surface area contributed by atoms with Gasteiger partial charge in [-0.2, -0.15) is 0 Å².